The molecule has 5 heteroatoms. The highest BCUT2D eigenvalue weighted by Gasteiger charge is 2.31. The van der Waals surface area contributed by atoms with Gasteiger partial charge in [0.15, 0.2) is 0 Å². The molecule has 24 heavy (non-hydrogen) atoms. The molecule has 0 heterocycles. The van der Waals surface area contributed by atoms with Gasteiger partial charge in [0.2, 0.25) is 0 Å². The molecule has 0 saturated heterocycles. The molecule has 2 nitrogen and oxygen atoms in total. The van der Waals surface area contributed by atoms with Crippen LogP contribution in [-0.2, 0) is 0 Å². The summed E-state index contributed by atoms with van der Waals surface area (Å²) in [5, 5.41) is 0. The van der Waals surface area contributed by atoms with Crippen LogP contribution in [-0.4, -0.2) is 6.36 Å². The maximum atomic E-state index is 12.3. The van der Waals surface area contributed by atoms with Gasteiger partial charge in [-0.1, -0.05) is 47.9 Å². The number of hydrogen-bond donors (Lipinski definition) is 1. The fourth-order valence-corrected chi connectivity index (χ4v) is 1.72. The van der Waals surface area contributed by atoms with Crippen LogP contribution < -0.4 is 10.5 Å². The Labute approximate surface area is 137 Å². The summed E-state index contributed by atoms with van der Waals surface area (Å²) < 4.78 is 40.8. The zero-order valence-corrected chi connectivity index (χ0v) is 12.4. The van der Waals surface area contributed by atoms with E-state index >= 15 is 0 Å². The lowest BCUT2D eigenvalue weighted by Gasteiger charge is -2.09. The van der Waals surface area contributed by atoms with E-state index in [1.165, 1.54) is 30.4 Å². The second-order valence-electron chi connectivity index (χ2n) is 4.50. The van der Waals surface area contributed by atoms with Gasteiger partial charge in [0.25, 0.3) is 0 Å². The van der Waals surface area contributed by atoms with E-state index in [9.17, 15) is 13.2 Å². The van der Waals surface area contributed by atoms with Gasteiger partial charge < -0.3 is 10.5 Å². The first kappa shape index (κ1) is 17.1. The quantitative estimate of drug-likeness (QED) is 0.631. The third-order valence-electron chi connectivity index (χ3n) is 2.74. The smallest absolute Gasteiger partial charge is 0.404 e. The molecule has 0 aliphatic heterocycles. The van der Waals surface area contributed by atoms with E-state index in [0.717, 1.165) is 0 Å². The Hall–Kier alpha value is -3.31. The van der Waals surface area contributed by atoms with Crippen molar-refractivity contribution in [2.75, 3.05) is 5.73 Å². The Morgan fingerprint density at radius 1 is 0.833 bits per heavy atom. The van der Waals surface area contributed by atoms with Gasteiger partial charge in [-0.25, -0.2) is 0 Å². The molecule has 0 saturated carbocycles. The molecule has 0 amide bonds. The number of allylic oxidation sites excluding steroid dienone is 2. The summed E-state index contributed by atoms with van der Waals surface area (Å²) in [4.78, 5) is 0. The Kier molecular flexibility index (Phi) is 5.54. The van der Waals surface area contributed by atoms with Gasteiger partial charge in [0.1, 0.15) is 5.75 Å². The second-order valence-corrected chi connectivity index (χ2v) is 4.50. The Morgan fingerprint density at radius 3 is 2.00 bits per heavy atom. The zero-order valence-electron chi connectivity index (χ0n) is 12.4. The lowest BCUT2D eigenvalue weighted by atomic mass is 10.2. The predicted molar refractivity (Wildman–Crippen MR) is 86.9 cm³/mol. The monoisotopic (exact) mass is 327 g/mol. The van der Waals surface area contributed by atoms with Gasteiger partial charge in [-0.2, -0.15) is 0 Å². The molecule has 120 valence electrons. The van der Waals surface area contributed by atoms with E-state index in [2.05, 4.69) is 28.4 Å². The molecule has 0 bridgehead atoms. The maximum Gasteiger partial charge on any atom is 0.573 e. The molecule has 2 aromatic rings. The van der Waals surface area contributed by atoms with Crippen molar-refractivity contribution in [1.82, 2.24) is 0 Å². The Bertz CT molecular complexity index is 862. The number of nitrogens with two attached hydrogens (primary N) is 1. The summed E-state index contributed by atoms with van der Waals surface area (Å²) in [5.74, 6) is 10.5. The van der Waals surface area contributed by atoms with Gasteiger partial charge in [0.05, 0.1) is 5.56 Å². The minimum absolute atomic E-state index is 0.139. The van der Waals surface area contributed by atoms with Crippen LogP contribution in [0.5, 0.6) is 5.75 Å². The molecule has 0 aliphatic rings. The molecular weight excluding hydrogens is 315 g/mol. The third-order valence-corrected chi connectivity index (χ3v) is 2.74. The van der Waals surface area contributed by atoms with E-state index in [-0.39, 0.29) is 11.3 Å². The first-order chi connectivity index (χ1) is 11.5. The number of ether oxygens (including phenoxy) is 1. The van der Waals surface area contributed by atoms with Gasteiger partial charge in [0, 0.05) is 11.3 Å². The van der Waals surface area contributed by atoms with Crippen molar-refractivity contribution in [3.63, 3.8) is 0 Å². The number of hydrogen-bond acceptors (Lipinski definition) is 2. The number of alkyl halides is 3. The summed E-state index contributed by atoms with van der Waals surface area (Å²) in [7, 11) is 0. The van der Waals surface area contributed by atoms with Gasteiger partial charge in [-0.15, -0.1) is 13.2 Å². The second kappa shape index (κ2) is 7.80. The summed E-state index contributed by atoms with van der Waals surface area (Å²) in [5.41, 5.74) is 7.15. The molecule has 2 aromatic carbocycles. The lowest BCUT2D eigenvalue weighted by Crippen LogP contribution is -2.17. The van der Waals surface area contributed by atoms with E-state index in [1.54, 1.807) is 18.2 Å². The van der Waals surface area contributed by atoms with Crippen LogP contribution >= 0.6 is 0 Å². The van der Waals surface area contributed by atoms with Gasteiger partial charge >= 0.3 is 6.36 Å². The SMILES string of the molecule is Nc1ccccc1C#C/C=C\C#Cc1ccccc1OC(F)(F)F. The summed E-state index contributed by atoms with van der Waals surface area (Å²) in [6.45, 7) is 0. The standard InChI is InChI=1S/C19H12F3NO/c20-19(21,22)24-18-14-8-6-12-16(18)11-4-2-1-3-9-15-10-5-7-13-17(15)23/h1-2,5-8,10,12-14H,23H2/b2-1-. The van der Waals surface area contributed by atoms with Gasteiger partial charge in [-0.05, 0) is 36.4 Å². The number of rotatable bonds is 1. The van der Waals surface area contributed by atoms with E-state index < -0.39 is 6.36 Å². The van der Waals surface area contributed by atoms with Crippen LogP contribution in [0.4, 0.5) is 18.9 Å². The van der Waals surface area contributed by atoms with E-state index in [4.69, 9.17) is 5.73 Å². The normalized spacial score (nSPS) is 10.5. The molecule has 2 rings (SSSR count). The average molecular weight is 327 g/mol. The van der Waals surface area contributed by atoms with Crippen LogP contribution in [0.2, 0.25) is 0 Å². The van der Waals surface area contributed by atoms with Crippen LogP contribution in [0, 0.1) is 23.7 Å². The van der Waals surface area contributed by atoms with Crippen molar-refractivity contribution in [2.24, 2.45) is 0 Å². The Balaban J connectivity index is 2.08. The third kappa shape index (κ3) is 5.47. The first-order valence-corrected chi connectivity index (χ1v) is 6.83. The molecule has 0 atom stereocenters. The molecule has 2 N–H and O–H groups in total. The summed E-state index contributed by atoms with van der Waals surface area (Å²) in [6, 6.07) is 12.8. The number of para-hydroxylation sites is 2. The van der Waals surface area contributed by atoms with Crippen molar-refractivity contribution < 1.29 is 17.9 Å². The number of nitrogen functional groups attached to an aromatic ring is 1. The van der Waals surface area contributed by atoms with Gasteiger partial charge in [-0.3, -0.25) is 0 Å². The van der Waals surface area contributed by atoms with E-state index in [1.807, 2.05) is 12.1 Å². The first-order valence-electron chi connectivity index (χ1n) is 6.83. The molecule has 0 spiro atoms. The molecule has 0 fully saturated rings. The van der Waals surface area contributed by atoms with Crippen molar-refractivity contribution in [3.8, 4) is 29.4 Å². The predicted octanol–water partition coefficient (Wildman–Crippen LogP) is 4.13. The largest absolute Gasteiger partial charge is 0.573 e. The van der Waals surface area contributed by atoms with Crippen molar-refractivity contribution in [1.29, 1.82) is 0 Å². The maximum absolute atomic E-state index is 12.3. The van der Waals surface area contributed by atoms with Crippen LogP contribution in [0.25, 0.3) is 0 Å². The van der Waals surface area contributed by atoms with Crippen molar-refractivity contribution in [3.05, 3.63) is 71.8 Å². The fraction of sp³-hybridized carbons (Fsp3) is 0.0526. The molecule has 0 unspecified atom stereocenters. The summed E-state index contributed by atoms with van der Waals surface area (Å²) >= 11 is 0. The highest BCUT2D eigenvalue weighted by molar-refractivity contribution is 5.56. The van der Waals surface area contributed by atoms with Crippen LogP contribution in [0.1, 0.15) is 11.1 Å². The molecule has 0 aromatic heterocycles. The fourth-order valence-electron chi connectivity index (χ4n) is 1.72. The topological polar surface area (TPSA) is 35.2 Å². The average Bonchev–Trinajstić information content (AvgIpc) is 2.52. The number of halogens is 3. The Morgan fingerprint density at radius 2 is 1.38 bits per heavy atom. The zero-order chi connectivity index (χ0) is 17.4. The highest BCUT2D eigenvalue weighted by atomic mass is 19.4. The molecule has 0 radical (unpaired) electrons. The minimum atomic E-state index is -4.76. The lowest BCUT2D eigenvalue weighted by molar-refractivity contribution is -0.274. The summed E-state index contributed by atoms with van der Waals surface area (Å²) in [6.07, 6.45) is -1.82. The number of anilines is 1. The van der Waals surface area contributed by atoms with Crippen LogP contribution in [0.15, 0.2) is 60.7 Å². The van der Waals surface area contributed by atoms with Crippen molar-refractivity contribution in [2.45, 2.75) is 6.36 Å². The molecular formula is C19H12F3NO. The van der Waals surface area contributed by atoms with E-state index in [0.29, 0.717) is 11.3 Å². The van der Waals surface area contributed by atoms with Crippen molar-refractivity contribution >= 4 is 5.69 Å². The van der Waals surface area contributed by atoms with Crippen LogP contribution in [0.3, 0.4) is 0 Å². The number of benzene rings is 2. The molecule has 0 aliphatic carbocycles. The minimum Gasteiger partial charge on any atom is -0.404 e. The highest BCUT2D eigenvalue weighted by Crippen LogP contribution is 2.25.